The number of carbonyl (C=O) groups is 1. The van der Waals surface area contributed by atoms with Gasteiger partial charge in [0.1, 0.15) is 49.3 Å². The van der Waals surface area contributed by atoms with Gasteiger partial charge in [-0.25, -0.2) is 23.3 Å². The van der Waals surface area contributed by atoms with Crippen LogP contribution in [0.15, 0.2) is 114 Å². The number of aliphatic imine (C=N–C) groups is 1. The first-order valence-electron chi connectivity index (χ1n) is 15.7. The van der Waals surface area contributed by atoms with E-state index in [9.17, 15) is 9.90 Å². The second-order valence-electron chi connectivity index (χ2n) is 11.6. The summed E-state index contributed by atoms with van der Waals surface area (Å²) in [5.74, 6) is -0.205. The van der Waals surface area contributed by atoms with E-state index in [0.717, 1.165) is 56.2 Å². The van der Waals surface area contributed by atoms with E-state index >= 15 is 0 Å². The number of rotatable bonds is 13. The summed E-state index contributed by atoms with van der Waals surface area (Å²) in [7, 11) is 4.05. The SMILES string of the molecule is C.C.C.C.CCN(CCn1cc[n+](C)c1)c1ccc(CC2=CC(=Nc3ccc(N(CC)CCn4cc[n+](C)c4)cc3)C(=O)C(C)=C2O)cc1. The fourth-order valence-electron chi connectivity index (χ4n) is 5.66. The quantitative estimate of drug-likeness (QED) is 0.121. The fraction of sp³-hybridized carbons (Fsp3) is 0.400. The average Bonchev–Trinajstić information content (AvgIpc) is 3.67. The molecule has 9 nitrogen and oxygen atoms in total. The molecule has 4 aromatic rings. The molecule has 266 valence electrons. The molecule has 0 aliphatic heterocycles. The third kappa shape index (κ3) is 10.5. The van der Waals surface area contributed by atoms with Crippen molar-refractivity contribution < 1.29 is 19.0 Å². The lowest BCUT2D eigenvalue weighted by Crippen LogP contribution is -2.28. The zero-order valence-electron chi connectivity index (χ0n) is 27.1. The van der Waals surface area contributed by atoms with Crippen molar-refractivity contribution in [3.63, 3.8) is 0 Å². The third-order valence-electron chi connectivity index (χ3n) is 8.37. The highest BCUT2D eigenvalue weighted by molar-refractivity contribution is 6.51. The number of aliphatic hydroxyl groups excluding tert-OH is 1. The first kappa shape index (κ1) is 42.1. The molecule has 0 fully saturated rings. The summed E-state index contributed by atoms with van der Waals surface area (Å²) >= 11 is 0. The molecule has 9 heteroatoms. The summed E-state index contributed by atoms with van der Waals surface area (Å²) in [6.07, 6.45) is 14.6. The number of hydrogen-bond acceptors (Lipinski definition) is 5. The monoisotopic (exact) mass is 671 g/mol. The highest BCUT2D eigenvalue weighted by atomic mass is 16.3. The van der Waals surface area contributed by atoms with E-state index in [4.69, 9.17) is 4.99 Å². The minimum atomic E-state index is -0.249. The van der Waals surface area contributed by atoms with Crippen molar-refractivity contribution >= 4 is 28.6 Å². The zero-order chi connectivity index (χ0) is 31.9. The van der Waals surface area contributed by atoms with E-state index in [1.54, 1.807) is 13.0 Å². The van der Waals surface area contributed by atoms with Gasteiger partial charge in [0.25, 0.3) is 0 Å². The van der Waals surface area contributed by atoms with Crippen molar-refractivity contribution in [3.8, 4) is 0 Å². The normalized spacial score (nSPS) is 13.1. The van der Waals surface area contributed by atoms with Crippen molar-refractivity contribution in [2.75, 3.05) is 36.0 Å². The van der Waals surface area contributed by atoms with Gasteiger partial charge < -0.3 is 14.9 Å². The Morgan fingerprint density at radius 3 is 1.65 bits per heavy atom. The van der Waals surface area contributed by atoms with Crippen LogP contribution >= 0.6 is 0 Å². The molecule has 1 aliphatic rings. The molecule has 1 N–H and O–H groups in total. The molecule has 5 rings (SSSR count). The molecule has 0 atom stereocenters. The molecule has 1 aliphatic carbocycles. The van der Waals surface area contributed by atoms with E-state index in [1.165, 1.54) is 0 Å². The van der Waals surface area contributed by atoms with Gasteiger partial charge in [-0.05, 0) is 68.8 Å². The highest BCUT2D eigenvalue weighted by Crippen LogP contribution is 2.27. The summed E-state index contributed by atoms with van der Waals surface area (Å²) in [4.78, 5) is 22.5. The van der Waals surface area contributed by atoms with E-state index in [0.29, 0.717) is 29.0 Å². The summed E-state index contributed by atoms with van der Waals surface area (Å²) < 4.78 is 8.44. The predicted octanol–water partition coefficient (Wildman–Crippen LogP) is 7.19. The number of aliphatic hydroxyl groups is 1. The number of nitrogens with zero attached hydrogens (tertiary/aromatic N) is 7. The average molecular weight is 672 g/mol. The van der Waals surface area contributed by atoms with Crippen molar-refractivity contribution in [1.82, 2.24) is 9.13 Å². The number of benzene rings is 2. The van der Waals surface area contributed by atoms with E-state index in [2.05, 4.69) is 94.2 Å². The van der Waals surface area contributed by atoms with Crippen LogP contribution in [-0.2, 0) is 38.4 Å². The van der Waals surface area contributed by atoms with Gasteiger partial charge in [-0.2, -0.15) is 0 Å². The van der Waals surface area contributed by atoms with Gasteiger partial charge >= 0.3 is 0 Å². The number of aryl methyl sites for hydroxylation is 2. The first-order chi connectivity index (χ1) is 21.7. The maximum Gasteiger partial charge on any atom is 0.243 e. The van der Waals surface area contributed by atoms with Crippen LogP contribution in [-0.4, -0.2) is 51.9 Å². The fourth-order valence-corrected chi connectivity index (χ4v) is 5.66. The lowest BCUT2D eigenvalue weighted by atomic mass is 9.91. The molecule has 2 aromatic heterocycles. The number of anilines is 2. The van der Waals surface area contributed by atoms with Crippen LogP contribution in [0.2, 0.25) is 0 Å². The molecular weight excluding hydrogens is 610 g/mol. The smallest absolute Gasteiger partial charge is 0.243 e. The summed E-state index contributed by atoms with van der Waals surface area (Å²) in [5.41, 5.74) is 5.40. The molecule has 2 heterocycles. The Hall–Kier alpha value is -4.92. The maximum atomic E-state index is 13.1. The molecule has 0 bridgehead atoms. The Bertz CT molecular complexity index is 1710. The Morgan fingerprint density at radius 1 is 0.755 bits per heavy atom. The number of allylic oxidation sites excluding steroid dienone is 3. The molecule has 0 amide bonds. The number of Topliss-reactive ketones (excluding diaryl/α,β-unsaturated/α-hetero) is 1. The van der Waals surface area contributed by atoms with Crippen molar-refractivity contribution in [2.24, 2.45) is 19.1 Å². The molecule has 0 saturated carbocycles. The molecule has 0 unspecified atom stereocenters. The van der Waals surface area contributed by atoms with Crippen LogP contribution in [0, 0.1) is 0 Å². The molecule has 0 radical (unpaired) electrons. The largest absolute Gasteiger partial charge is 0.507 e. The van der Waals surface area contributed by atoms with Crippen LogP contribution in [0.4, 0.5) is 17.1 Å². The van der Waals surface area contributed by atoms with Gasteiger partial charge in [-0.1, -0.05) is 41.8 Å². The van der Waals surface area contributed by atoms with Crippen molar-refractivity contribution in [1.29, 1.82) is 0 Å². The zero-order valence-corrected chi connectivity index (χ0v) is 27.1. The number of likely N-dealkylation sites (N-methyl/N-ethyl adjacent to an activating group) is 2. The summed E-state index contributed by atoms with van der Waals surface area (Å²) in [6.45, 7) is 11.4. The molecule has 0 saturated heterocycles. The van der Waals surface area contributed by atoms with Gasteiger partial charge in [-0.15, -0.1) is 0 Å². The Balaban J connectivity index is 0.00000300. The van der Waals surface area contributed by atoms with Crippen LogP contribution < -0.4 is 18.9 Å². The Kier molecular flexibility index (Phi) is 16.5. The molecule has 0 spiro atoms. The number of hydrogen-bond donors (Lipinski definition) is 1. The van der Waals surface area contributed by atoms with Crippen LogP contribution in [0.3, 0.4) is 0 Å². The Labute approximate surface area is 295 Å². The minimum absolute atomic E-state index is 0. The van der Waals surface area contributed by atoms with Crippen LogP contribution in [0.5, 0.6) is 0 Å². The maximum absolute atomic E-state index is 13.1. The van der Waals surface area contributed by atoms with Gasteiger partial charge in [0, 0.05) is 42.0 Å². The first-order valence-corrected chi connectivity index (χ1v) is 15.7. The van der Waals surface area contributed by atoms with Crippen molar-refractivity contribution in [2.45, 2.75) is 70.0 Å². The summed E-state index contributed by atoms with van der Waals surface area (Å²) in [6, 6.07) is 16.5. The van der Waals surface area contributed by atoms with E-state index < -0.39 is 0 Å². The topological polar surface area (TPSA) is 73.8 Å². The summed E-state index contributed by atoms with van der Waals surface area (Å²) in [5, 5.41) is 10.9. The van der Waals surface area contributed by atoms with Gasteiger partial charge in [0.15, 0.2) is 0 Å². The lowest BCUT2D eigenvalue weighted by molar-refractivity contribution is -0.671. The molecule has 2 aromatic carbocycles. The predicted molar refractivity (Wildman–Crippen MR) is 206 cm³/mol. The second-order valence-corrected chi connectivity index (χ2v) is 11.6. The number of imidazole rings is 2. The van der Waals surface area contributed by atoms with Crippen LogP contribution in [0.1, 0.15) is 56.0 Å². The minimum Gasteiger partial charge on any atom is -0.507 e. The second kappa shape index (κ2) is 19.2. The molecular formula is C40H61N7O2+2. The van der Waals surface area contributed by atoms with Crippen LogP contribution in [0.25, 0.3) is 0 Å². The standard InChI is InChI=1S/C36H44N7O2.4CH4/c1-6-42(22-20-40-18-16-38(4)26-40)32-12-8-29(9-13-32)24-30-25-34(36(45)28(3)35(30)44)37-31-10-14-33(15-11-31)43(7-2)23-21-41-19-17-39(5)27-41;;;;/h8-19,25-27H,6-7,20-24H2,1-5H3;4*1H4/q+1;;;;/p+1. The lowest BCUT2D eigenvalue weighted by Gasteiger charge is -2.23. The highest BCUT2D eigenvalue weighted by Gasteiger charge is 2.24. The van der Waals surface area contributed by atoms with Gasteiger partial charge in [0.05, 0.1) is 32.9 Å². The number of carbonyl (C=O) groups excluding carboxylic acids is 1. The molecule has 49 heavy (non-hydrogen) atoms. The number of ketones is 1. The Morgan fingerprint density at radius 2 is 1.22 bits per heavy atom. The van der Waals surface area contributed by atoms with E-state index in [-0.39, 0.29) is 41.2 Å². The number of aromatic nitrogens is 4. The van der Waals surface area contributed by atoms with Crippen molar-refractivity contribution in [3.05, 3.63) is 115 Å². The van der Waals surface area contributed by atoms with E-state index in [1.807, 2.05) is 47.8 Å². The van der Waals surface area contributed by atoms with Gasteiger partial charge in [-0.3, -0.25) is 4.79 Å². The van der Waals surface area contributed by atoms with Gasteiger partial charge in [0.2, 0.25) is 18.4 Å². The third-order valence-corrected chi connectivity index (χ3v) is 8.37.